The van der Waals surface area contributed by atoms with Crippen molar-refractivity contribution < 1.29 is 22.8 Å². The molecule has 1 heterocycles. The third-order valence-electron chi connectivity index (χ3n) is 5.81. The Hall–Kier alpha value is -2.91. The number of carbonyl (C=O) groups excluding carboxylic acids is 3. The first-order valence-corrected chi connectivity index (χ1v) is 13.4. The van der Waals surface area contributed by atoms with Crippen molar-refractivity contribution in [2.75, 3.05) is 13.1 Å². The molecule has 2 aromatic rings. The van der Waals surface area contributed by atoms with Gasteiger partial charge >= 0.3 is 0 Å². The lowest BCUT2D eigenvalue weighted by Gasteiger charge is -2.31. The van der Waals surface area contributed by atoms with Crippen LogP contribution in [0.1, 0.15) is 49.5 Å². The standard InChI is InChI=1S/C25H30ClN3O5S/c1-4-21(24(31)27-15-17(2)3)28(16-18-9-5-7-11-20(18)26)23(30)13-14-29-25(32)19-10-6-8-12-22(19)35(29,33)34/h5-12,17,21H,4,13-16H2,1-3H3,(H,27,31)/t21-/m0/s1. The van der Waals surface area contributed by atoms with Crippen molar-refractivity contribution in [3.8, 4) is 0 Å². The third kappa shape index (κ3) is 5.85. The van der Waals surface area contributed by atoms with Crippen LogP contribution in [-0.2, 0) is 26.2 Å². The Morgan fingerprint density at radius 1 is 1.09 bits per heavy atom. The zero-order valence-corrected chi connectivity index (χ0v) is 21.6. The number of nitrogens with one attached hydrogen (secondary N) is 1. The second-order valence-corrected chi connectivity index (χ2v) is 11.0. The highest BCUT2D eigenvalue weighted by molar-refractivity contribution is 7.90. The van der Waals surface area contributed by atoms with E-state index in [2.05, 4.69) is 5.32 Å². The van der Waals surface area contributed by atoms with E-state index in [-0.39, 0.29) is 41.8 Å². The topological polar surface area (TPSA) is 104 Å². The van der Waals surface area contributed by atoms with E-state index in [1.807, 2.05) is 13.8 Å². The molecule has 1 aliphatic rings. The van der Waals surface area contributed by atoms with Gasteiger partial charge in [-0.25, -0.2) is 12.7 Å². The van der Waals surface area contributed by atoms with E-state index in [1.165, 1.54) is 17.0 Å². The average Bonchev–Trinajstić information content (AvgIpc) is 3.02. The van der Waals surface area contributed by atoms with Crippen molar-refractivity contribution in [2.45, 2.75) is 51.1 Å². The van der Waals surface area contributed by atoms with Crippen LogP contribution < -0.4 is 5.32 Å². The summed E-state index contributed by atoms with van der Waals surface area (Å²) in [5.74, 6) is -1.17. The molecule has 188 valence electrons. The van der Waals surface area contributed by atoms with Crippen LogP contribution in [0.2, 0.25) is 5.02 Å². The molecule has 1 atom stereocenters. The average molecular weight is 520 g/mol. The van der Waals surface area contributed by atoms with Gasteiger partial charge in [-0.1, -0.05) is 62.7 Å². The Morgan fingerprint density at radius 2 is 1.74 bits per heavy atom. The van der Waals surface area contributed by atoms with Gasteiger partial charge in [0, 0.05) is 31.1 Å². The number of nitrogens with zero attached hydrogens (tertiary/aromatic N) is 2. The van der Waals surface area contributed by atoms with Gasteiger partial charge in [-0.2, -0.15) is 0 Å². The molecule has 0 spiro atoms. The van der Waals surface area contributed by atoms with Crippen LogP contribution in [0.4, 0.5) is 0 Å². The lowest BCUT2D eigenvalue weighted by atomic mass is 10.1. The van der Waals surface area contributed by atoms with Crippen LogP contribution in [0.15, 0.2) is 53.4 Å². The van der Waals surface area contributed by atoms with Crippen LogP contribution in [0.5, 0.6) is 0 Å². The zero-order chi connectivity index (χ0) is 25.8. The Bertz CT molecular complexity index is 1220. The van der Waals surface area contributed by atoms with E-state index in [9.17, 15) is 22.8 Å². The second kappa shape index (κ2) is 11.2. The molecule has 0 saturated heterocycles. The number of amides is 3. The highest BCUT2D eigenvalue weighted by Gasteiger charge is 2.41. The molecule has 35 heavy (non-hydrogen) atoms. The maximum absolute atomic E-state index is 13.4. The molecule has 0 saturated carbocycles. The normalized spacial score (nSPS) is 15.1. The zero-order valence-electron chi connectivity index (χ0n) is 20.0. The molecule has 0 aromatic heterocycles. The fourth-order valence-electron chi connectivity index (χ4n) is 3.95. The van der Waals surface area contributed by atoms with Crippen LogP contribution in [0.3, 0.4) is 0 Å². The van der Waals surface area contributed by atoms with E-state index in [4.69, 9.17) is 11.6 Å². The van der Waals surface area contributed by atoms with Crippen LogP contribution in [0.25, 0.3) is 0 Å². The van der Waals surface area contributed by atoms with Gasteiger partial charge in [-0.05, 0) is 36.1 Å². The van der Waals surface area contributed by atoms with Gasteiger partial charge in [0.05, 0.1) is 5.56 Å². The van der Waals surface area contributed by atoms with Crippen LogP contribution in [0, 0.1) is 5.92 Å². The van der Waals surface area contributed by atoms with Gasteiger partial charge in [0.2, 0.25) is 11.8 Å². The first kappa shape index (κ1) is 26.7. The molecule has 10 heteroatoms. The Kier molecular flexibility index (Phi) is 8.56. The smallest absolute Gasteiger partial charge is 0.269 e. The SMILES string of the molecule is CC[C@@H](C(=O)NCC(C)C)N(Cc1ccccc1Cl)C(=O)CCN1C(=O)c2ccccc2S1(=O)=O. The predicted octanol–water partition coefficient (Wildman–Crippen LogP) is 3.45. The Morgan fingerprint density at radius 3 is 2.37 bits per heavy atom. The predicted molar refractivity (Wildman–Crippen MR) is 133 cm³/mol. The number of hydrogen-bond acceptors (Lipinski definition) is 5. The lowest BCUT2D eigenvalue weighted by Crippen LogP contribution is -2.50. The lowest BCUT2D eigenvalue weighted by molar-refractivity contribution is -0.141. The summed E-state index contributed by atoms with van der Waals surface area (Å²) in [6.07, 6.45) is 0.0872. The summed E-state index contributed by atoms with van der Waals surface area (Å²) >= 11 is 6.32. The fourth-order valence-corrected chi connectivity index (χ4v) is 5.71. The van der Waals surface area contributed by atoms with Crippen molar-refractivity contribution in [1.82, 2.24) is 14.5 Å². The number of fused-ring (bicyclic) bond motifs is 1. The first-order valence-electron chi connectivity index (χ1n) is 11.5. The summed E-state index contributed by atoms with van der Waals surface area (Å²) in [5, 5.41) is 3.33. The fraction of sp³-hybridized carbons (Fsp3) is 0.400. The van der Waals surface area contributed by atoms with Crippen LogP contribution >= 0.6 is 11.6 Å². The largest absolute Gasteiger partial charge is 0.354 e. The van der Waals surface area contributed by atoms with Crippen molar-refractivity contribution in [2.24, 2.45) is 5.92 Å². The third-order valence-corrected chi connectivity index (χ3v) is 8.02. The molecular weight excluding hydrogens is 490 g/mol. The second-order valence-electron chi connectivity index (χ2n) is 8.80. The van der Waals surface area contributed by atoms with Gasteiger partial charge in [-0.3, -0.25) is 14.4 Å². The monoisotopic (exact) mass is 519 g/mol. The summed E-state index contributed by atoms with van der Waals surface area (Å²) in [7, 11) is -4.03. The van der Waals surface area contributed by atoms with Gasteiger partial charge in [0.15, 0.2) is 0 Å². The molecule has 0 unspecified atom stereocenters. The number of carbonyl (C=O) groups is 3. The summed E-state index contributed by atoms with van der Waals surface area (Å²) in [4.78, 5) is 40.5. The minimum Gasteiger partial charge on any atom is -0.354 e. The molecule has 3 amide bonds. The Balaban J connectivity index is 1.83. The van der Waals surface area contributed by atoms with Crippen molar-refractivity contribution in [3.63, 3.8) is 0 Å². The van der Waals surface area contributed by atoms with Crippen LogP contribution in [-0.4, -0.2) is 54.5 Å². The van der Waals surface area contributed by atoms with E-state index in [1.54, 1.807) is 43.3 Å². The Labute approximate surface area is 211 Å². The molecule has 3 rings (SSSR count). The van der Waals surface area contributed by atoms with E-state index in [0.29, 0.717) is 23.6 Å². The van der Waals surface area contributed by atoms with Crippen molar-refractivity contribution in [3.05, 3.63) is 64.7 Å². The summed E-state index contributed by atoms with van der Waals surface area (Å²) in [5.41, 5.74) is 0.752. The molecule has 0 aliphatic carbocycles. The van der Waals surface area contributed by atoms with Crippen molar-refractivity contribution in [1.29, 1.82) is 0 Å². The van der Waals surface area contributed by atoms with E-state index in [0.717, 1.165) is 4.31 Å². The number of hydrogen-bond donors (Lipinski definition) is 1. The molecule has 2 aromatic carbocycles. The van der Waals surface area contributed by atoms with Gasteiger partial charge < -0.3 is 10.2 Å². The molecule has 1 aliphatic heterocycles. The minimum absolute atomic E-state index is 0.0649. The molecule has 0 fully saturated rings. The highest BCUT2D eigenvalue weighted by atomic mass is 35.5. The summed E-state index contributed by atoms with van der Waals surface area (Å²) in [6.45, 7) is 5.96. The van der Waals surface area contributed by atoms with E-state index < -0.39 is 27.9 Å². The summed E-state index contributed by atoms with van der Waals surface area (Å²) in [6, 6.07) is 12.2. The number of rotatable bonds is 10. The summed E-state index contributed by atoms with van der Waals surface area (Å²) < 4.78 is 26.4. The number of sulfonamides is 1. The highest BCUT2D eigenvalue weighted by Crippen LogP contribution is 2.30. The van der Waals surface area contributed by atoms with Gasteiger partial charge in [0.25, 0.3) is 15.9 Å². The maximum Gasteiger partial charge on any atom is 0.269 e. The molecular formula is C25H30ClN3O5S. The number of halogens is 1. The first-order chi connectivity index (χ1) is 16.6. The molecule has 1 N–H and O–H groups in total. The molecule has 0 bridgehead atoms. The van der Waals surface area contributed by atoms with E-state index >= 15 is 0 Å². The molecule has 8 nitrogen and oxygen atoms in total. The minimum atomic E-state index is -4.03. The quantitative estimate of drug-likeness (QED) is 0.517. The van der Waals surface area contributed by atoms with Crippen molar-refractivity contribution >= 4 is 39.3 Å². The maximum atomic E-state index is 13.4. The molecule has 0 radical (unpaired) electrons. The van der Waals surface area contributed by atoms with Gasteiger partial charge in [-0.15, -0.1) is 0 Å². The number of benzene rings is 2. The van der Waals surface area contributed by atoms with Gasteiger partial charge in [0.1, 0.15) is 10.9 Å².